The van der Waals surface area contributed by atoms with Crippen molar-refractivity contribution >= 4 is 11.9 Å². The van der Waals surface area contributed by atoms with E-state index in [0.717, 1.165) is 6.08 Å². The molecule has 0 bridgehead atoms. The summed E-state index contributed by atoms with van der Waals surface area (Å²) < 4.78 is 9.37. The largest absolute Gasteiger partial charge is 0.502 e. The van der Waals surface area contributed by atoms with E-state index in [1.807, 2.05) is 0 Å². The molecule has 5 heteroatoms. The standard InChI is InChI=1S/C11H12O5/c1-3-5-7-8(6-9(12)15-4-2)16-11(14)10(7)13/h3,6,13H,1,4-5H2,2H3/b8-6+. The van der Waals surface area contributed by atoms with Crippen LogP contribution in [0.2, 0.25) is 0 Å². The van der Waals surface area contributed by atoms with Crippen LogP contribution in [0.4, 0.5) is 0 Å². The smallest absolute Gasteiger partial charge is 0.379 e. The molecule has 0 atom stereocenters. The Balaban J connectivity index is 2.94. The van der Waals surface area contributed by atoms with Gasteiger partial charge in [0, 0.05) is 5.57 Å². The Morgan fingerprint density at radius 2 is 2.31 bits per heavy atom. The summed E-state index contributed by atoms with van der Waals surface area (Å²) in [4.78, 5) is 22.2. The molecular weight excluding hydrogens is 212 g/mol. The number of ether oxygens (including phenoxy) is 2. The molecule has 0 unspecified atom stereocenters. The molecule has 16 heavy (non-hydrogen) atoms. The molecule has 0 aromatic heterocycles. The molecule has 1 aliphatic rings. The van der Waals surface area contributed by atoms with Gasteiger partial charge in [-0.15, -0.1) is 6.58 Å². The third-order valence-electron chi connectivity index (χ3n) is 1.86. The van der Waals surface area contributed by atoms with E-state index in [4.69, 9.17) is 4.74 Å². The Bertz CT molecular complexity index is 389. The fourth-order valence-electron chi connectivity index (χ4n) is 1.20. The van der Waals surface area contributed by atoms with Crippen LogP contribution in [-0.2, 0) is 19.1 Å². The number of allylic oxidation sites excluding steroid dienone is 2. The fraction of sp³-hybridized carbons (Fsp3) is 0.273. The molecule has 0 fully saturated rings. The first-order chi connectivity index (χ1) is 7.60. The van der Waals surface area contributed by atoms with Crippen LogP contribution in [0.25, 0.3) is 0 Å². The predicted octanol–water partition coefficient (Wildman–Crippen LogP) is 1.38. The van der Waals surface area contributed by atoms with E-state index in [2.05, 4.69) is 11.3 Å². The molecule has 0 spiro atoms. The number of carbonyl (C=O) groups excluding carboxylic acids is 2. The van der Waals surface area contributed by atoms with Crippen LogP contribution < -0.4 is 0 Å². The number of hydrogen-bond acceptors (Lipinski definition) is 5. The fourth-order valence-corrected chi connectivity index (χ4v) is 1.20. The van der Waals surface area contributed by atoms with Gasteiger partial charge in [0.2, 0.25) is 5.76 Å². The van der Waals surface area contributed by atoms with E-state index in [-0.39, 0.29) is 24.4 Å². The summed E-state index contributed by atoms with van der Waals surface area (Å²) in [7, 11) is 0. The minimum atomic E-state index is -0.868. The Morgan fingerprint density at radius 1 is 1.62 bits per heavy atom. The lowest BCUT2D eigenvalue weighted by Crippen LogP contribution is -2.02. The zero-order chi connectivity index (χ0) is 12.1. The van der Waals surface area contributed by atoms with E-state index in [0.29, 0.717) is 0 Å². The predicted molar refractivity (Wildman–Crippen MR) is 55.3 cm³/mol. The molecule has 0 saturated carbocycles. The van der Waals surface area contributed by atoms with Crippen molar-refractivity contribution in [2.45, 2.75) is 13.3 Å². The number of aliphatic hydroxyl groups excluding tert-OH is 1. The average Bonchev–Trinajstić information content (AvgIpc) is 2.47. The van der Waals surface area contributed by atoms with Crippen LogP contribution >= 0.6 is 0 Å². The summed E-state index contributed by atoms with van der Waals surface area (Å²) >= 11 is 0. The van der Waals surface area contributed by atoms with Crippen molar-refractivity contribution in [1.82, 2.24) is 0 Å². The van der Waals surface area contributed by atoms with Crippen molar-refractivity contribution in [3.8, 4) is 0 Å². The summed E-state index contributed by atoms with van der Waals surface area (Å²) in [5.74, 6) is -1.97. The number of carbonyl (C=O) groups is 2. The summed E-state index contributed by atoms with van der Waals surface area (Å²) in [5.41, 5.74) is 0.244. The highest BCUT2D eigenvalue weighted by molar-refractivity contribution is 5.94. The molecule has 1 aliphatic heterocycles. The van der Waals surface area contributed by atoms with E-state index < -0.39 is 17.7 Å². The molecule has 1 N–H and O–H groups in total. The lowest BCUT2D eigenvalue weighted by Gasteiger charge is -2.00. The maximum absolute atomic E-state index is 11.1. The zero-order valence-electron chi connectivity index (χ0n) is 8.86. The second kappa shape index (κ2) is 5.16. The Morgan fingerprint density at radius 3 is 2.88 bits per heavy atom. The topological polar surface area (TPSA) is 72.8 Å². The summed E-state index contributed by atoms with van der Waals surface area (Å²) in [6.07, 6.45) is 2.76. The number of hydrogen-bond donors (Lipinski definition) is 1. The van der Waals surface area contributed by atoms with E-state index in [9.17, 15) is 14.7 Å². The third-order valence-corrected chi connectivity index (χ3v) is 1.86. The van der Waals surface area contributed by atoms with Gasteiger partial charge in [0.05, 0.1) is 12.7 Å². The van der Waals surface area contributed by atoms with Gasteiger partial charge >= 0.3 is 11.9 Å². The maximum atomic E-state index is 11.1. The summed E-state index contributed by atoms with van der Waals surface area (Å²) in [6.45, 7) is 5.37. The maximum Gasteiger partial charge on any atom is 0.379 e. The van der Waals surface area contributed by atoms with Crippen LogP contribution in [0.15, 0.2) is 35.8 Å². The highest BCUT2D eigenvalue weighted by Crippen LogP contribution is 2.27. The van der Waals surface area contributed by atoms with Gasteiger partial charge in [0.25, 0.3) is 0 Å². The van der Waals surface area contributed by atoms with Gasteiger partial charge in [-0.3, -0.25) is 0 Å². The number of cyclic esters (lactones) is 1. The zero-order valence-corrected chi connectivity index (χ0v) is 8.86. The second-order valence-electron chi connectivity index (χ2n) is 2.97. The van der Waals surface area contributed by atoms with E-state index in [1.165, 1.54) is 6.08 Å². The molecule has 1 heterocycles. The van der Waals surface area contributed by atoms with Gasteiger partial charge in [-0.05, 0) is 13.3 Å². The van der Waals surface area contributed by atoms with Crippen molar-refractivity contribution in [3.05, 3.63) is 35.8 Å². The molecule has 0 aromatic carbocycles. The first-order valence-corrected chi connectivity index (χ1v) is 4.74. The van der Waals surface area contributed by atoms with Crippen molar-refractivity contribution in [2.24, 2.45) is 0 Å². The van der Waals surface area contributed by atoms with Crippen molar-refractivity contribution < 1.29 is 24.2 Å². The summed E-state index contributed by atoms with van der Waals surface area (Å²) in [6, 6.07) is 0. The molecule has 0 radical (unpaired) electrons. The number of esters is 2. The van der Waals surface area contributed by atoms with E-state index >= 15 is 0 Å². The molecule has 1 rings (SSSR count). The first-order valence-electron chi connectivity index (χ1n) is 4.74. The molecule has 5 nitrogen and oxygen atoms in total. The van der Waals surface area contributed by atoms with Gasteiger partial charge in [0.1, 0.15) is 5.76 Å². The van der Waals surface area contributed by atoms with Crippen LogP contribution in [0.1, 0.15) is 13.3 Å². The van der Waals surface area contributed by atoms with Gasteiger partial charge in [0.15, 0.2) is 0 Å². The molecule has 0 saturated heterocycles. The third kappa shape index (κ3) is 2.50. The van der Waals surface area contributed by atoms with Gasteiger partial charge < -0.3 is 14.6 Å². The van der Waals surface area contributed by atoms with Gasteiger partial charge in [-0.1, -0.05) is 6.08 Å². The van der Waals surface area contributed by atoms with Crippen molar-refractivity contribution in [1.29, 1.82) is 0 Å². The van der Waals surface area contributed by atoms with Gasteiger partial charge in [-0.2, -0.15) is 0 Å². The number of rotatable bonds is 4. The molecular formula is C11H12O5. The SMILES string of the molecule is C=CCC1=C(O)C(=O)O/C1=C/C(=O)OCC. The molecule has 0 aromatic rings. The van der Waals surface area contributed by atoms with Crippen LogP contribution in [0.3, 0.4) is 0 Å². The van der Waals surface area contributed by atoms with Crippen LogP contribution in [0.5, 0.6) is 0 Å². The molecule has 0 amide bonds. The monoisotopic (exact) mass is 224 g/mol. The lowest BCUT2D eigenvalue weighted by atomic mass is 10.1. The minimum Gasteiger partial charge on any atom is -0.502 e. The second-order valence-corrected chi connectivity index (χ2v) is 2.97. The summed E-state index contributed by atoms with van der Waals surface area (Å²) in [5, 5.41) is 9.37. The van der Waals surface area contributed by atoms with E-state index in [1.54, 1.807) is 6.92 Å². The van der Waals surface area contributed by atoms with Gasteiger partial charge in [-0.25, -0.2) is 9.59 Å². The van der Waals surface area contributed by atoms with Crippen molar-refractivity contribution in [2.75, 3.05) is 6.61 Å². The normalized spacial score (nSPS) is 17.6. The average molecular weight is 224 g/mol. The highest BCUT2D eigenvalue weighted by Gasteiger charge is 2.29. The quantitative estimate of drug-likeness (QED) is 0.443. The first kappa shape index (κ1) is 12.0. The lowest BCUT2D eigenvalue weighted by molar-refractivity contribution is -0.137. The highest BCUT2D eigenvalue weighted by atomic mass is 16.6. The molecule has 86 valence electrons. The number of aliphatic hydroxyl groups is 1. The minimum absolute atomic E-state index is 0.0147. The molecule has 0 aliphatic carbocycles. The van der Waals surface area contributed by atoms with Crippen LogP contribution in [-0.4, -0.2) is 23.7 Å². The Hall–Kier alpha value is -2.04. The Kier molecular flexibility index (Phi) is 3.88. The Labute approximate surface area is 92.7 Å². The van der Waals surface area contributed by atoms with Crippen LogP contribution in [0, 0.1) is 0 Å². The van der Waals surface area contributed by atoms with Crippen molar-refractivity contribution in [3.63, 3.8) is 0 Å².